The van der Waals surface area contributed by atoms with E-state index in [9.17, 15) is 20.0 Å². The average Bonchev–Trinajstić information content (AvgIpc) is 2.64. The number of anilines is 1. The molecule has 0 aliphatic rings. The number of rotatable bonds is 7. The van der Waals surface area contributed by atoms with E-state index < -0.39 is 10.8 Å². The molecule has 29 heavy (non-hydrogen) atoms. The number of phenolic OH excluding ortho intramolecular Hbond substituents is 1. The van der Waals surface area contributed by atoms with E-state index in [0.29, 0.717) is 28.3 Å². The zero-order valence-corrected chi connectivity index (χ0v) is 18.2. The van der Waals surface area contributed by atoms with Crippen LogP contribution in [0.3, 0.4) is 0 Å². The number of nitro groups is 1. The first-order chi connectivity index (χ1) is 13.7. The summed E-state index contributed by atoms with van der Waals surface area (Å²) in [6.45, 7) is 4.63. The topological polar surface area (TPSA) is 114 Å². The summed E-state index contributed by atoms with van der Waals surface area (Å²) in [6.07, 6.45) is 0.844. The molecule has 0 spiro atoms. The van der Waals surface area contributed by atoms with Gasteiger partial charge in [0.2, 0.25) is 0 Å². The second kappa shape index (κ2) is 10.2. The molecule has 2 rings (SSSR count). The molecule has 0 saturated heterocycles. The van der Waals surface area contributed by atoms with Gasteiger partial charge in [-0.3, -0.25) is 20.2 Å². The second-order valence-electron chi connectivity index (χ2n) is 6.54. The predicted molar refractivity (Wildman–Crippen MR) is 118 cm³/mol. The first kappa shape index (κ1) is 22.6. The van der Waals surface area contributed by atoms with Gasteiger partial charge in [-0.1, -0.05) is 29.8 Å². The van der Waals surface area contributed by atoms with E-state index in [0.717, 1.165) is 12.5 Å². The van der Waals surface area contributed by atoms with Gasteiger partial charge in [0, 0.05) is 10.5 Å². The lowest BCUT2D eigenvalue weighted by Crippen LogP contribution is -2.34. The SMILES string of the molecule is CC(C)CCOc1ccc(Br)cc1C(=O)NC(=S)Nc1ccc([N+](=O)[O-])cc1O. The number of halogens is 1. The fourth-order valence-electron chi connectivity index (χ4n) is 2.27. The molecule has 0 aliphatic carbocycles. The summed E-state index contributed by atoms with van der Waals surface area (Å²) in [6, 6.07) is 8.58. The van der Waals surface area contributed by atoms with Gasteiger partial charge in [-0.15, -0.1) is 0 Å². The zero-order chi connectivity index (χ0) is 21.6. The van der Waals surface area contributed by atoms with Crippen molar-refractivity contribution < 1.29 is 19.6 Å². The number of non-ortho nitro benzene ring substituents is 1. The third kappa shape index (κ3) is 6.68. The molecular weight excluding hydrogens is 462 g/mol. The van der Waals surface area contributed by atoms with Crippen molar-refractivity contribution in [3.05, 3.63) is 56.5 Å². The fraction of sp³-hybridized carbons (Fsp3) is 0.263. The number of carbonyl (C=O) groups is 1. The van der Waals surface area contributed by atoms with Crippen LogP contribution in [-0.4, -0.2) is 27.7 Å². The Morgan fingerprint density at radius 3 is 2.66 bits per heavy atom. The largest absolute Gasteiger partial charge is 0.506 e. The lowest BCUT2D eigenvalue weighted by Gasteiger charge is -2.14. The molecular formula is C19H20BrN3O5S. The molecule has 0 aromatic heterocycles. The maximum Gasteiger partial charge on any atom is 0.273 e. The Labute approximate surface area is 181 Å². The standard InChI is InChI=1S/C19H20BrN3O5S/c1-11(2)7-8-28-17-6-3-12(20)9-14(17)18(25)22-19(29)21-15-5-4-13(23(26)27)10-16(15)24/h3-6,9-11,24H,7-8H2,1-2H3,(H2,21,22,25,29). The van der Waals surface area contributed by atoms with E-state index in [4.69, 9.17) is 17.0 Å². The van der Waals surface area contributed by atoms with Gasteiger partial charge in [-0.05, 0) is 48.8 Å². The molecule has 154 valence electrons. The number of nitro benzene ring substituents is 1. The maximum atomic E-state index is 12.7. The molecule has 2 aromatic carbocycles. The lowest BCUT2D eigenvalue weighted by molar-refractivity contribution is -0.384. The Bertz CT molecular complexity index is 936. The molecule has 2 aromatic rings. The van der Waals surface area contributed by atoms with Gasteiger partial charge in [0.15, 0.2) is 5.11 Å². The van der Waals surface area contributed by atoms with Crippen LogP contribution in [0.5, 0.6) is 11.5 Å². The van der Waals surface area contributed by atoms with Crippen molar-refractivity contribution in [3.63, 3.8) is 0 Å². The Morgan fingerprint density at radius 2 is 2.03 bits per heavy atom. The molecule has 0 atom stereocenters. The minimum atomic E-state index is -0.627. The van der Waals surface area contributed by atoms with Gasteiger partial charge in [-0.2, -0.15) is 0 Å². The van der Waals surface area contributed by atoms with E-state index in [1.54, 1.807) is 18.2 Å². The fourth-order valence-corrected chi connectivity index (χ4v) is 2.84. The number of thiocarbonyl (C=S) groups is 1. The van der Waals surface area contributed by atoms with Crippen LogP contribution in [0.1, 0.15) is 30.6 Å². The molecule has 0 fully saturated rings. The van der Waals surface area contributed by atoms with Crippen molar-refractivity contribution in [1.82, 2.24) is 5.32 Å². The van der Waals surface area contributed by atoms with Gasteiger partial charge in [0.25, 0.3) is 11.6 Å². The summed E-state index contributed by atoms with van der Waals surface area (Å²) in [4.78, 5) is 22.8. The molecule has 1 amide bonds. The van der Waals surface area contributed by atoms with Crippen LogP contribution in [0.4, 0.5) is 11.4 Å². The summed E-state index contributed by atoms with van der Waals surface area (Å²) >= 11 is 8.45. The molecule has 10 heteroatoms. The lowest BCUT2D eigenvalue weighted by atomic mass is 10.1. The van der Waals surface area contributed by atoms with E-state index in [1.807, 2.05) is 0 Å². The zero-order valence-electron chi connectivity index (χ0n) is 15.8. The highest BCUT2D eigenvalue weighted by Gasteiger charge is 2.16. The van der Waals surface area contributed by atoms with Crippen LogP contribution in [0.25, 0.3) is 0 Å². The summed E-state index contributed by atoms with van der Waals surface area (Å²) in [5, 5.41) is 25.7. The number of nitrogens with zero attached hydrogens (tertiary/aromatic N) is 1. The number of hydrogen-bond donors (Lipinski definition) is 3. The number of nitrogens with one attached hydrogen (secondary N) is 2. The van der Waals surface area contributed by atoms with E-state index >= 15 is 0 Å². The van der Waals surface area contributed by atoms with Crippen molar-refractivity contribution in [2.45, 2.75) is 20.3 Å². The van der Waals surface area contributed by atoms with Gasteiger partial charge in [0.05, 0.1) is 28.8 Å². The molecule has 0 bridgehead atoms. The number of hydrogen-bond acceptors (Lipinski definition) is 6. The first-order valence-electron chi connectivity index (χ1n) is 8.69. The van der Waals surface area contributed by atoms with Crippen LogP contribution < -0.4 is 15.4 Å². The van der Waals surface area contributed by atoms with Crippen molar-refractivity contribution in [2.24, 2.45) is 5.92 Å². The molecule has 0 radical (unpaired) electrons. The highest BCUT2D eigenvalue weighted by molar-refractivity contribution is 9.10. The quantitative estimate of drug-likeness (QED) is 0.229. The van der Waals surface area contributed by atoms with Gasteiger partial charge < -0.3 is 15.2 Å². The van der Waals surface area contributed by atoms with Gasteiger partial charge >= 0.3 is 0 Å². The molecule has 0 unspecified atom stereocenters. The summed E-state index contributed by atoms with van der Waals surface area (Å²) in [5.41, 5.74) is 0.157. The normalized spacial score (nSPS) is 10.5. The van der Waals surface area contributed by atoms with Crippen LogP contribution in [0.15, 0.2) is 40.9 Å². The highest BCUT2D eigenvalue weighted by Crippen LogP contribution is 2.28. The molecule has 3 N–H and O–H groups in total. The second-order valence-corrected chi connectivity index (χ2v) is 7.86. The third-order valence-corrected chi connectivity index (χ3v) is 4.50. The van der Waals surface area contributed by atoms with E-state index in [2.05, 4.69) is 40.4 Å². The first-order valence-corrected chi connectivity index (χ1v) is 9.89. The van der Waals surface area contributed by atoms with Crippen LogP contribution in [0, 0.1) is 16.0 Å². The van der Waals surface area contributed by atoms with Crippen molar-refractivity contribution in [1.29, 1.82) is 0 Å². The Balaban J connectivity index is 2.08. The van der Waals surface area contributed by atoms with Crippen molar-refractivity contribution in [3.8, 4) is 11.5 Å². The van der Waals surface area contributed by atoms with Crippen molar-refractivity contribution in [2.75, 3.05) is 11.9 Å². The minimum absolute atomic E-state index is 0.0766. The number of carbonyl (C=O) groups excluding carboxylic acids is 1. The van der Waals surface area contributed by atoms with E-state index in [1.165, 1.54) is 12.1 Å². The monoisotopic (exact) mass is 481 g/mol. The predicted octanol–water partition coefficient (Wildman–Crippen LogP) is 4.61. The summed E-state index contributed by atoms with van der Waals surface area (Å²) in [5.74, 6) is 0.0296. The maximum absolute atomic E-state index is 12.7. The summed E-state index contributed by atoms with van der Waals surface area (Å²) < 4.78 is 6.43. The van der Waals surface area contributed by atoms with Crippen LogP contribution >= 0.6 is 28.1 Å². The third-order valence-electron chi connectivity index (χ3n) is 3.81. The number of aromatic hydroxyl groups is 1. The number of phenols is 1. The Morgan fingerprint density at radius 1 is 1.31 bits per heavy atom. The Hall–Kier alpha value is -2.72. The van der Waals surface area contributed by atoms with Gasteiger partial charge in [0.1, 0.15) is 11.5 Å². The van der Waals surface area contributed by atoms with Crippen LogP contribution in [0.2, 0.25) is 0 Å². The highest BCUT2D eigenvalue weighted by atomic mass is 79.9. The molecule has 8 nitrogen and oxygen atoms in total. The minimum Gasteiger partial charge on any atom is -0.506 e. The number of benzene rings is 2. The summed E-state index contributed by atoms with van der Waals surface area (Å²) in [7, 11) is 0. The van der Waals surface area contributed by atoms with Crippen molar-refractivity contribution >= 4 is 50.5 Å². The smallest absolute Gasteiger partial charge is 0.273 e. The number of amides is 1. The average molecular weight is 482 g/mol. The van der Waals surface area contributed by atoms with Gasteiger partial charge in [-0.25, -0.2) is 0 Å². The van der Waals surface area contributed by atoms with E-state index in [-0.39, 0.29) is 22.2 Å². The Kier molecular flexibility index (Phi) is 7.91. The number of ether oxygens (including phenoxy) is 1. The molecule has 0 heterocycles. The van der Waals surface area contributed by atoms with Crippen LogP contribution in [-0.2, 0) is 0 Å². The molecule has 0 saturated carbocycles. The molecule has 0 aliphatic heterocycles.